The molecule has 1 nitrogen and oxygen atoms in total. The third kappa shape index (κ3) is 6.78. The Labute approximate surface area is 116 Å². The van der Waals surface area contributed by atoms with Gasteiger partial charge in [0.1, 0.15) is 0 Å². The van der Waals surface area contributed by atoms with E-state index in [0.717, 1.165) is 0 Å². The fourth-order valence-corrected chi connectivity index (χ4v) is 2.65. The Hall–Kier alpha value is -0.0400. The lowest BCUT2D eigenvalue weighted by molar-refractivity contribution is 0.135. The molecule has 1 heteroatoms. The zero-order valence-corrected chi connectivity index (χ0v) is 13.6. The van der Waals surface area contributed by atoms with Crippen LogP contribution in [-0.4, -0.2) is 5.54 Å². The van der Waals surface area contributed by atoms with Crippen molar-refractivity contribution in [1.29, 1.82) is 0 Å². The molecule has 0 saturated carbocycles. The highest BCUT2D eigenvalue weighted by Crippen LogP contribution is 2.39. The molecular formula is C17H37N. The van der Waals surface area contributed by atoms with E-state index in [-0.39, 0.29) is 5.54 Å². The van der Waals surface area contributed by atoms with Gasteiger partial charge in [-0.1, -0.05) is 72.1 Å². The summed E-state index contributed by atoms with van der Waals surface area (Å²) in [5, 5.41) is 0. The van der Waals surface area contributed by atoms with Gasteiger partial charge in [-0.3, -0.25) is 0 Å². The van der Waals surface area contributed by atoms with Crippen LogP contribution in [0.2, 0.25) is 0 Å². The topological polar surface area (TPSA) is 26.0 Å². The van der Waals surface area contributed by atoms with Gasteiger partial charge in [-0.25, -0.2) is 0 Å². The smallest absolute Gasteiger partial charge is 0.0151 e. The van der Waals surface area contributed by atoms with Gasteiger partial charge in [0.25, 0.3) is 0 Å². The zero-order chi connectivity index (χ0) is 14.1. The molecular weight excluding hydrogens is 218 g/mol. The average molecular weight is 255 g/mol. The van der Waals surface area contributed by atoms with Crippen LogP contribution in [0.1, 0.15) is 98.8 Å². The molecule has 0 aliphatic carbocycles. The van der Waals surface area contributed by atoms with Crippen LogP contribution in [0.3, 0.4) is 0 Å². The summed E-state index contributed by atoms with van der Waals surface area (Å²) in [5.74, 6) is 0. The van der Waals surface area contributed by atoms with Crippen molar-refractivity contribution in [1.82, 2.24) is 0 Å². The lowest BCUT2D eigenvalue weighted by Crippen LogP contribution is -2.49. The molecule has 0 aliphatic rings. The van der Waals surface area contributed by atoms with Gasteiger partial charge in [0.05, 0.1) is 0 Å². The van der Waals surface area contributed by atoms with Crippen LogP contribution in [0.25, 0.3) is 0 Å². The van der Waals surface area contributed by atoms with E-state index in [2.05, 4.69) is 34.6 Å². The molecule has 0 unspecified atom stereocenters. The predicted octanol–water partition coefficient (Wildman–Crippen LogP) is 5.67. The summed E-state index contributed by atoms with van der Waals surface area (Å²) in [5.41, 5.74) is 6.71. The first-order valence-electron chi connectivity index (χ1n) is 8.16. The monoisotopic (exact) mass is 255 g/mol. The molecule has 0 radical (unpaired) electrons. The van der Waals surface area contributed by atoms with E-state index in [4.69, 9.17) is 5.73 Å². The van der Waals surface area contributed by atoms with Gasteiger partial charge in [-0.05, 0) is 32.1 Å². The molecule has 2 N–H and O–H groups in total. The van der Waals surface area contributed by atoms with Crippen molar-refractivity contribution in [3.05, 3.63) is 0 Å². The number of rotatable bonds is 11. The van der Waals surface area contributed by atoms with Crippen molar-refractivity contribution in [2.75, 3.05) is 0 Å². The fraction of sp³-hybridized carbons (Fsp3) is 1.00. The summed E-state index contributed by atoms with van der Waals surface area (Å²) >= 11 is 0. The highest BCUT2D eigenvalue weighted by molar-refractivity contribution is 4.93. The predicted molar refractivity (Wildman–Crippen MR) is 83.9 cm³/mol. The number of hydrogen-bond acceptors (Lipinski definition) is 1. The second-order valence-corrected chi connectivity index (χ2v) is 6.90. The van der Waals surface area contributed by atoms with E-state index in [0.29, 0.717) is 5.41 Å². The Kier molecular flexibility index (Phi) is 8.94. The molecule has 0 aromatic rings. The summed E-state index contributed by atoms with van der Waals surface area (Å²) in [4.78, 5) is 0. The fourth-order valence-electron chi connectivity index (χ4n) is 2.65. The molecule has 0 saturated heterocycles. The number of hydrogen-bond donors (Lipinski definition) is 1. The maximum Gasteiger partial charge on any atom is 0.0151 e. The summed E-state index contributed by atoms with van der Waals surface area (Å²) in [6, 6.07) is 0. The lowest BCUT2D eigenvalue weighted by atomic mass is 9.67. The first-order valence-corrected chi connectivity index (χ1v) is 8.16. The molecule has 0 bridgehead atoms. The van der Waals surface area contributed by atoms with Gasteiger partial charge < -0.3 is 5.73 Å². The lowest BCUT2D eigenvalue weighted by Gasteiger charge is -2.42. The normalized spacial score (nSPS) is 13.0. The Morgan fingerprint density at radius 3 is 1.33 bits per heavy atom. The van der Waals surface area contributed by atoms with E-state index in [1.54, 1.807) is 0 Å². The van der Waals surface area contributed by atoms with Gasteiger partial charge in [-0.2, -0.15) is 0 Å². The van der Waals surface area contributed by atoms with Crippen molar-refractivity contribution in [2.45, 2.75) is 104 Å². The molecule has 18 heavy (non-hydrogen) atoms. The molecule has 0 fully saturated rings. The summed E-state index contributed by atoms with van der Waals surface area (Å²) in [6.07, 6.45) is 13.4. The van der Waals surface area contributed by atoms with Crippen molar-refractivity contribution in [3.8, 4) is 0 Å². The molecule has 110 valence electrons. The molecule has 0 aromatic heterocycles. The van der Waals surface area contributed by atoms with E-state index in [1.165, 1.54) is 64.2 Å². The Morgan fingerprint density at radius 2 is 1.06 bits per heavy atom. The highest BCUT2D eigenvalue weighted by atomic mass is 14.8. The highest BCUT2D eigenvalue weighted by Gasteiger charge is 2.36. The van der Waals surface area contributed by atoms with Gasteiger partial charge >= 0.3 is 0 Å². The Morgan fingerprint density at radius 1 is 0.667 bits per heavy atom. The van der Waals surface area contributed by atoms with Crippen LogP contribution in [0.5, 0.6) is 0 Å². The third-order valence-corrected chi connectivity index (χ3v) is 4.72. The minimum absolute atomic E-state index is 0.0502. The van der Waals surface area contributed by atoms with Crippen molar-refractivity contribution in [2.24, 2.45) is 11.1 Å². The van der Waals surface area contributed by atoms with Crippen LogP contribution >= 0.6 is 0 Å². The van der Waals surface area contributed by atoms with E-state index >= 15 is 0 Å². The molecule has 0 spiro atoms. The molecule has 0 aliphatic heterocycles. The van der Waals surface area contributed by atoms with Crippen molar-refractivity contribution < 1.29 is 0 Å². The minimum atomic E-state index is -0.0502. The van der Waals surface area contributed by atoms with Crippen LogP contribution < -0.4 is 5.73 Å². The van der Waals surface area contributed by atoms with Gasteiger partial charge in [0.15, 0.2) is 0 Å². The van der Waals surface area contributed by atoms with E-state index < -0.39 is 0 Å². The standard InChI is InChI=1S/C17H37N/c1-6-8-10-12-14-17(5,16(3,4)18)15-13-11-9-7-2/h6-15,18H2,1-5H3. The number of unbranched alkanes of at least 4 members (excludes halogenated alkanes) is 6. The second kappa shape index (κ2) is 8.96. The molecule has 0 amide bonds. The van der Waals surface area contributed by atoms with Crippen molar-refractivity contribution in [3.63, 3.8) is 0 Å². The molecule has 0 atom stereocenters. The van der Waals surface area contributed by atoms with Gasteiger partial charge in [0.2, 0.25) is 0 Å². The molecule has 0 heterocycles. The average Bonchev–Trinajstić information content (AvgIpc) is 2.29. The maximum atomic E-state index is 6.44. The maximum absolute atomic E-state index is 6.44. The van der Waals surface area contributed by atoms with Gasteiger partial charge in [-0.15, -0.1) is 0 Å². The first kappa shape index (κ1) is 18.0. The van der Waals surface area contributed by atoms with Crippen LogP contribution in [-0.2, 0) is 0 Å². The first-order chi connectivity index (χ1) is 8.37. The van der Waals surface area contributed by atoms with Crippen LogP contribution in [0.4, 0.5) is 0 Å². The Balaban J connectivity index is 4.17. The van der Waals surface area contributed by atoms with Crippen LogP contribution in [0, 0.1) is 5.41 Å². The van der Waals surface area contributed by atoms with Crippen LogP contribution in [0.15, 0.2) is 0 Å². The minimum Gasteiger partial charge on any atom is -0.325 e. The summed E-state index contributed by atoms with van der Waals surface area (Å²) < 4.78 is 0. The SMILES string of the molecule is CCCCCCC(C)(CCCCCC)C(C)(C)N. The summed E-state index contributed by atoms with van der Waals surface area (Å²) in [7, 11) is 0. The Bertz CT molecular complexity index is 178. The van der Waals surface area contributed by atoms with Crippen molar-refractivity contribution >= 4 is 0 Å². The molecule has 0 aromatic carbocycles. The quantitative estimate of drug-likeness (QED) is 0.473. The molecule has 0 rings (SSSR count). The summed E-state index contributed by atoms with van der Waals surface area (Å²) in [6.45, 7) is 11.4. The largest absolute Gasteiger partial charge is 0.325 e. The number of nitrogens with two attached hydrogens (primary N) is 1. The van der Waals surface area contributed by atoms with E-state index in [1.807, 2.05) is 0 Å². The second-order valence-electron chi connectivity index (χ2n) is 6.90. The zero-order valence-electron chi connectivity index (χ0n) is 13.6. The van der Waals surface area contributed by atoms with E-state index in [9.17, 15) is 0 Å². The van der Waals surface area contributed by atoms with Gasteiger partial charge in [0, 0.05) is 5.54 Å². The third-order valence-electron chi connectivity index (χ3n) is 4.72.